The normalized spacial score (nSPS) is 9.93. The minimum absolute atomic E-state index is 0.182. The molecule has 1 N–H and O–H groups in total. The molecule has 0 aliphatic carbocycles. The molecule has 0 unspecified atom stereocenters. The van der Waals surface area contributed by atoms with Gasteiger partial charge in [-0.3, -0.25) is 9.59 Å². The van der Waals surface area contributed by atoms with E-state index in [1.165, 1.54) is 26.2 Å². The fourth-order valence-corrected chi connectivity index (χ4v) is 2.36. The smallest absolute Gasteiger partial charge is 0.338 e. The SMILES string of the molecule is C=CCOc1ccc(C(=O)OCC(=O)Nc2ccccc2C(C)=O)cc1OC. The van der Waals surface area contributed by atoms with E-state index in [-0.39, 0.29) is 11.3 Å². The lowest BCUT2D eigenvalue weighted by Crippen LogP contribution is -2.22. The van der Waals surface area contributed by atoms with Gasteiger partial charge in [0.1, 0.15) is 6.61 Å². The summed E-state index contributed by atoms with van der Waals surface area (Å²) in [7, 11) is 1.45. The van der Waals surface area contributed by atoms with E-state index in [2.05, 4.69) is 11.9 Å². The van der Waals surface area contributed by atoms with Gasteiger partial charge in [0.05, 0.1) is 18.4 Å². The molecule has 0 aliphatic heterocycles. The summed E-state index contributed by atoms with van der Waals surface area (Å²) in [6.45, 7) is 4.77. The van der Waals surface area contributed by atoms with Crippen LogP contribution in [0, 0.1) is 0 Å². The molecular formula is C21H21NO6. The number of anilines is 1. The topological polar surface area (TPSA) is 90.9 Å². The molecule has 0 fully saturated rings. The lowest BCUT2D eigenvalue weighted by Gasteiger charge is -2.11. The molecule has 146 valence electrons. The molecule has 2 rings (SSSR count). The number of hydrogen-bond acceptors (Lipinski definition) is 6. The summed E-state index contributed by atoms with van der Waals surface area (Å²) in [5, 5.41) is 2.56. The molecule has 0 aromatic heterocycles. The lowest BCUT2D eigenvalue weighted by molar-refractivity contribution is -0.119. The van der Waals surface area contributed by atoms with E-state index in [0.29, 0.717) is 29.4 Å². The average molecular weight is 383 g/mol. The Morgan fingerprint density at radius 3 is 2.54 bits per heavy atom. The van der Waals surface area contributed by atoms with Gasteiger partial charge < -0.3 is 19.5 Å². The predicted molar refractivity (Wildman–Crippen MR) is 104 cm³/mol. The van der Waals surface area contributed by atoms with Crippen molar-refractivity contribution in [1.82, 2.24) is 0 Å². The molecule has 0 bridgehead atoms. The molecule has 2 aromatic rings. The molecule has 1 amide bonds. The highest BCUT2D eigenvalue weighted by Gasteiger charge is 2.15. The highest BCUT2D eigenvalue weighted by atomic mass is 16.5. The number of ketones is 1. The summed E-state index contributed by atoms with van der Waals surface area (Å²) in [5.74, 6) is -0.615. The van der Waals surface area contributed by atoms with Crippen LogP contribution in [0.2, 0.25) is 0 Å². The van der Waals surface area contributed by atoms with Crippen LogP contribution in [-0.4, -0.2) is 38.0 Å². The second-order valence-electron chi connectivity index (χ2n) is 5.69. The fourth-order valence-electron chi connectivity index (χ4n) is 2.36. The quantitative estimate of drug-likeness (QED) is 0.406. The Morgan fingerprint density at radius 1 is 1.11 bits per heavy atom. The second kappa shape index (κ2) is 9.91. The molecule has 0 saturated heterocycles. The number of carbonyl (C=O) groups excluding carboxylic acids is 3. The molecule has 28 heavy (non-hydrogen) atoms. The van der Waals surface area contributed by atoms with Gasteiger partial charge in [0.15, 0.2) is 23.9 Å². The molecular weight excluding hydrogens is 362 g/mol. The van der Waals surface area contributed by atoms with Crippen molar-refractivity contribution in [2.24, 2.45) is 0 Å². The number of nitrogens with one attached hydrogen (secondary N) is 1. The number of methoxy groups -OCH3 is 1. The largest absolute Gasteiger partial charge is 0.493 e. The number of benzene rings is 2. The molecule has 0 radical (unpaired) electrons. The van der Waals surface area contributed by atoms with Gasteiger partial charge in [0, 0.05) is 5.56 Å². The first-order valence-electron chi connectivity index (χ1n) is 8.45. The van der Waals surface area contributed by atoms with Crippen LogP contribution in [0.3, 0.4) is 0 Å². The molecule has 0 spiro atoms. The first-order valence-corrected chi connectivity index (χ1v) is 8.45. The summed E-state index contributed by atoms with van der Waals surface area (Å²) >= 11 is 0. The predicted octanol–water partition coefficient (Wildman–Crippen LogP) is 3.26. The van der Waals surface area contributed by atoms with Crippen LogP contribution >= 0.6 is 0 Å². The maximum Gasteiger partial charge on any atom is 0.338 e. The molecule has 0 aliphatic rings. The number of carbonyl (C=O) groups is 3. The van der Waals surface area contributed by atoms with E-state index in [1.807, 2.05) is 0 Å². The minimum atomic E-state index is -0.691. The molecule has 7 heteroatoms. The third-order valence-electron chi connectivity index (χ3n) is 3.67. The first-order chi connectivity index (χ1) is 13.5. The number of ether oxygens (including phenoxy) is 3. The van der Waals surface area contributed by atoms with Crippen LogP contribution in [0.1, 0.15) is 27.6 Å². The molecule has 2 aromatic carbocycles. The maximum absolute atomic E-state index is 12.2. The van der Waals surface area contributed by atoms with Gasteiger partial charge in [-0.05, 0) is 37.3 Å². The number of hydrogen-bond donors (Lipinski definition) is 1. The van der Waals surface area contributed by atoms with Gasteiger partial charge in [-0.2, -0.15) is 0 Å². The van der Waals surface area contributed by atoms with Crippen molar-refractivity contribution >= 4 is 23.3 Å². The maximum atomic E-state index is 12.2. The van der Waals surface area contributed by atoms with Crippen LogP contribution in [0.4, 0.5) is 5.69 Å². The summed E-state index contributed by atoms with van der Waals surface area (Å²) in [4.78, 5) is 35.9. The fraction of sp³-hybridized carbons (Fsp3) is 0.190. The zero-order valence-corrected chi connectivity index (χ0v) is 15.7. The van der Waals surface area contributed by atoms with Gasteiger partial charge in [-0.1, -0.05) is 24.8 Å². The highest BCUT2D eigenvalue weighted by Crippen LogP contribution is 2.28. The van der Waals surface area contributed by atoms with E-state index in [9.17, 15) is 14.4 Å². The Morgan fingerprint density at radius 2 is 1.86 bits per heavy atom. The second-order valence-corrected chi connectivity index (χ2v) is 5.69. The Labute approximate surface area is 162 Å². The lowest BCUT2D eigenvalue weighted by atomic mass is 10.1. The number of para-hydroxylation sites is 1. The highest BCUT2D eigenvalue weighted by molar-refractivity contribution is 6.04. The summed E-state index contributed by atoms with van der Waals surface area (Å²) in [6.07, 6.45) is 1.59. The van der Waals surface area contributed by atoms with Crippen molar-refractivity contribution in [3.05, 3.63) is 66.2 Å². The van der Waals surface area contributed by atoms with E-state index < -0.39 is 18.5 Å². The molecule has 0 atom stereocenters. The third-order valence-corrected chi connectivity index (χ3v) is 3.67. The monoisotopic (exact) mass is 383 g/mol. The summed E-state index contributed by atoms with van der Waals surface area (Å²) in [5.41, 5.74) is 0.947. The molecule has 7 nitrogen and oxygen atoms in total. The first kappa shape index (κ1) is 20.7. The Hall–Kier alpha value is -3.61. The van der Waals surface area contributed by atoms with Crippen molar-refractivity contribution in [3.8, 4) is 11.5 Å². The van der Waals surface area contributed by atoms with Gasteiger partial charge in [-0.25, -0.2) is 4.79 Å². The zero-order chi connectivity index (χ0) is 20.5. The number of rotatable bonds is 9. The van der Waals surface area contributed by atoms with Crippen LogP contribution in [0.25, 0.3) is 0 Å². The van der Waals surface area contributed by atoms with Gasteiger partial charge in [-0.15, -0.1) is 0 Å². The standard InChI is InChI=1S/C21H21NO6/c1-4-11-27-18-10-9-15(12-19(18)26-3)21(25)28-13-20(24)22-17-8-6-5-7-16(17)14(2)23/h4-10,12H,1,11,13H2,2-3H3,(H,22,24). The minimum Gasteiger partial charge on any atom is -0.493 e. The van der Waals surface area contributed by atoms with Gasteiger partial charge >= 0.3 is 5.97 Å². The zero-order valence-electron chi connectivity index (χ0n) is 15.7. The average Bonchev–Trinajstić information content (AvgIpc) is 2.70. The Kier molecular flexibility index (Phi) is 7.33. The summed E-state index contributed by atoms with van der Waals surface area (Å²) < 4.78 is 15.6. The van der Waals surface area contributed by atoms with E-state index in [1.54, 1.807) is 36.4 Å². The van der Waals surface area contributed by atoms with E-state index in [0.717, 1.165) is 0 Å². The van der Waals surface area contributed by atoms with Gasteiger partial charge in [0.2, 0.25) is 0 Å². The van der Waals surface area contributed by atoms with Crippen LogP contribution in [-0.2, 0) is 9.53 Å². The van der Waals surface area contributed by atoms with Crippen LogP contribution in [0.15, 0.2) is 55.1 Å². The summed E-state index contributed by atoms with van der Waals surface area (Å²) in [6, 6.07) is 11.1. The number of esters is 1. The van der Waals surface area contributed by atoms with Gasteiger partial charge in [0.25, 0.3) is 5.91 Å². The Bertz CT molecular complexity index is 890. The van der Waals surface area contributed by atoms with E-state index >= 15 is 0 Å². The van der Waals surface area contributed by atoms with Crippen LogP contribution < -0.4 is 14.8 Å². The van der Waals surface area contributed by atoms with Crippen molar-refractivity contribution in [3.63, 3.8) is 0 Å². The van der Waals surface area contributed by atoms with Crippen molar-refractivity contribution < 1.29 is 28.6 Å². The van der Waals surface area contributed by atoms with Crippen molar-refractivity contribution in [1.29, 1.82) is 0 Å². The van der Waals surface area contributed by atoms with Crippen molar-refractivity contribution in [2.45, 2.75) is 6.92 Å². The van der Waals surface area contributed by atoms with E-state index in [4.69, 9.17) is 14.2 Å². The Balaban J connectivity index is 1.99. The number of amides is 1. The van der Waals surface area contributed by atoms with Crippen molar-refractivity contribution in [2.75, 3.05) is 25.6 Å². The molecule has 0 saturated carbocycles. The number of Topliss-reactive ketones (excluding diaryl/α,β-unsaturated/α-hetero) is 1. The molecule has 0 heterocycles. The van der Waals surface area contributed by atoms with Crippen LogP contribution in [0.5, 0.6) is 11.5 Å². The third kappa shape index (κ3) is 5.44.